The largest absolute Gasteiger partial charge is 0.457 e. The first kappa shape index (κ1) is 24.7. The lowest BCUT2D eigenvalue weighted by molar-refractivity contribution is -0.157. The Bertz CT molecular complexity index is 1170. The van der Waals surface area contributed by atoms with E-state index < -0.39 is 62.4 Å². The third-order valence-corrected chi connectivity index (χ3v) is 7.17. The van der Waals surface area contributed by atoms with Crippen molar-refractivity contribution in [2.75, 3.05) is 12.4 Å². The highest BCUT2D eigenvalue weighted by Gasteiger charge is 2.59. The van der Waals surface area contributed by atoms with Crippen molar-refractivity contribution in [1.29, 1.82) is 0 Å². The molecule has 2 aliphatic rings. The second-order valence-electron chi connectivity index (χ2n) is 8.43. The maximum absolute atomic E-state index is 12.9. The summed E-state index contributed by atoms with van der Waals surface area (Å²) in [6.07, 6.45) is 0. The van der Waals surface area contributed by atoms with Crippen LogP contribution in [-0.2, 0) is 33.7 Å². The number of rotatable bonds is 5. The number of carbonyl (C=O) groups excluding carboxylic acids is 4. The normalized spacial score (nSPS) is 21.6. The van der Waals surface area contributed by atoms with E-state index in [9.17, 15) is 27.6 Å². The van der Waals surface area contributed by atoms with Crippen LogP contribution >= 0.6 is 11.6 Å². The van der Waals surface area contributed by atoms with Gasteiger partial charge in [0.2, 0.25) is 5.91 Å². The lowest BCUT2D eigenvalue weighted by Crippen LogP contribution is -2.68. The fourth-order valence-electron chi connectivity index (χ4n) is 3.36. The van der Waals surface area contributed by atoms with E-state index in [1.807, 2.05) is 0 Å². The molecule has 10 nitrogen and oxygen atoms in total. The van der Waals surface area contributed by atoms with Crippen molar-refractivity contribution in [3.8, 4) is 5.75 Å². The number of esters is 3. The first-order valence-electron chi connectivity index (χ1n) is 9.81. The highest BCUT2D eigenvalue weighted by atomic mass is 35.5. The molecule has 0 spiro atoms. The Balaban J connectivity index is 1.94. The second-order valence-corrected chi connectivity index (χ2v) is 11.0. The van der Waals surface area contributed by atoms with E-state index in [1.54, 1.807) is 26.8 Å². The fraction of sp³-hybridized carbons (Fsp3) is 0.429. The third-order valence-electron chi connectivity index (χ3n) is 4.63. The van der Waals surface area contributed by atoms with Gasteiger partial charge in [-0.2, -0.15) is 0 Å². The highest BCUT2D eigenvalue weighted by molar-refractivity contribution is 7.92. The summed E-state index contributed by atoms with van der Waals surface area (Å²) < 4.78 is 40.9. The Hall–Kier alpha value is -2.92. The van der Waals surface area contributed by atoms with E-state index in [2.05, 4.69) is 0 Å². The molecule has 2 heterocycles. The van der Waals surface area contributed by atoms with E-state index in [0.29, 0.717) is 0 Å². The van der Waals surface area contributed by atoms with Gasteiger partial charge in [0, 0.05) is 12.5 Å². The molecule has 1 aromatic rings. The van der Waals surface area contributed by atoms with Gasteiger partial charge in [0.1, 0.15) is 34.6 Å². The summed E-state index contributed by atoms with van der Waals surface area (Å²) in [4.78, 5) is 49.9. The van der Waals surface area contributed by atoms with Gasteiger partial charge in [-0.25, -0.2) is 18.0 Å². The Kier molecular flexibility index (Phi) is 6.58. The van der Waals surface area contributed by atoms with Crippen LogP contribution in [-0.4, -0.2) is 65.8 Å². The van der Waals surface area contributed by atoms with E-state index >= 15 is 0 Å². The zero-order valence-corrected chi connectivity index (χ0v) is 19.9. The van der Waals surface area contributed by atoms with Crippen LogP contribution in [0.15, 0.2) is 35.5 Å². The molecule has 1 amide bonds. The average Bonchev–Trinajstić information content (AvgIpc) is 2.68. The van der Waals surface area contributed by atoms with Crippen molar-refractivity contribution in [2.45, 2.75) is 44.0 Å². The van der Waals surface area contributed by atoms with E-state index in [0.717, 1.165) is 11.8 Å². The van der Waals surface area contributed by atoms with E-state index in [1.165, 1.54) is 18.2 Å². The van der Waals surface area contributed by atoms with E-state index in [-0.39, 0.29) is 22.6 Å². The molecule has 0 N–H and O–H groups in total. The number of amides is 1. The van der Waals surface area contributed by atoms with Gasteiger partial charge in [-0.05, 0) is 32.9 Å². The Morgan fingerprint density at radius 3 is 2.39 bits per heavy atom. The van der Waals surface area contributed by atoms with E-state index in [4.69, 9.17) is 25.8 Å². The van der Waals surface area contributed by atoms with Crippen molar-refractivity contribution in [2.24, 2.45) is 0 Å². The number of carbonyl (C=O) groups is 4. The summed E-state index contributed by atoms with van der Waals surface area (Å²) in [7, 11) is -3.95. The monoisotopic (exact) mass is 499 g/mol. The lowest BCUT2D eigenvalue weighted by Gasteiger charge is -2.47. The van der Waals surface area contributed by atoms with Gasteiger partial charge in [-0.15, -0.1) is 11.6 Å². The molecule has 1 saturated heterocycles. The van der Waals surface area contributed by atoms with Crippen molar-refractivity contribution in [3.05, 3.63) is 41.1 Å². The molecule has 2 aliphatic heterocycles. The molecule has 178 valence electrons. The summed E-state index contributed by atoms with van der Waals surface area (Å²) in [6.45, 7) is 5.37. The minimum Gasteiger partial charge on any atom is -0.457 e. The van der Waals surface area contributed by atoms with Crippen LogP contribution in [0.2, 0.25) is 0 Å². The minimum absolute atomic E-state index is 0.0458. The molecule has 0 aromatic heterocycles. The third kappa shape index (κ3) is 5.03. The van der Waals surface area contributed by atoms with Gasteiger partial charge >= 0.3 is 17.9 Å². The number of benzene rings is 1. The molecule has 33 heavy (non-hydrogen) atoms. The number of ether oxygens (including phenoxy) is 3. The van der Waals surface area contributed by atoms with Gasteiger partial charge in [0.05, 0.1) is 5.75 Å². The van der Waals surface area contributed by atoms with Crippen LogP contribution in [0.4, 0.5) is 0 Å². The number of nitrogens with zero attached hydrogens (tertiary/aromatic N) is 1. The number of hydrogen-bond acceptors (Lipinski definition) is 9. The number of para-hydroxylation sites is 1. The molecule has 0 saturated carbocycles. The number of β-lactam (4-membered cyclic amide) rings is 1. The number of hydrogen-bond donors (Lipinski definition) is 0. The molecule has 1 aromatic carbocycles. The van der Waals surface area contributed by atoms with Crippen molar-refractivity contribution in [3.63, 3.8) is 0 Å². The summed E-state index contributed by atoms with van der Waals surface area (Å²) in [6, 6.07) is 5.81. The molecule has 0 bridgehead atoms. The quantitative estimate of drug-likeness (QED) is 0.256. The Morgan fingerprint density at radius 1 is 1.15 bits per heavy atom. The molecule has 0 unspecified atom stereocenters. The van der Waals surface area contributed by atoms with Crippen LogP contribution in [0.1, 0.15) is 38.1 Å². The van der Waals surface area contributed by atoms with Gasteiger partial charge < -0.3 is 14.2 Å². The number of sulfone groups is 1. The van der Waals surface area contributed by atoms with Crippen LogP contribution in [0.25, 0.3) is 0 Å². The highest BCUT2D eigenvalue weighted by Crippen LogP contribution is 2.40. The molecule has 1 fully saturated rings. The average molecular weight is 500 g/mol. The molecular formula is C21H22ClNO9S. The van der Waals surface area contributed by atoms with Gasteiger partial charge in [0.15, 0.2) is 15.2 Å². The molecular weight excluding hydrogens is 478 g/mol. The van der Waals surface area contributed by atoms with Crippen LogP contribution in [0.3, 0.4) is 0 Å². The fourth-order valence-corrected chi connectivity index (χ4v) is 5.94. The zero-order valence-electron chi connectivity index (χ0n) is 18.3. The first-order valence-corrected chi connectivity index (χ1v) is 12.0. The molecule has 0 radical (unpaired) electrons. The SMILES string of the molecule is CC(=O)Oc1ccccc1C(=O)OCC1=C(C(=O)OC(C)(C)C)N2C(=O)[C@H](Cl)[C@H]2S(=O)(=O)C1. The lowest BCUT2D eigenvalue weighted by atomic mass is 10.1. The van der Waals surface area contributed by atoms with Crippen LogP contribution in [0, 0.1) is 0 Å². The Morgan fingerprint density at radius 2 is 1.79 bits per heavy atom. The molecule has 12 heteroatoms. The molecule has 3 rings (SSSR count). The van der Waals surface area contributed by atoms with Gasteiger partial charge in [0.25, 0.3) is 0 Å². The summed E-state index contributed by atoms with van der Waals surface area (Å²) in [5.74, 6) is -3.98. The van der Waals surface area contributed by atoms with Crippen molar-refractivity contribution >= 4 is 45.3 Å². The maximum atomic E-state index is 12.9. The van der Waals surface area contributed by atoms with Gasteiger partial charge in [-0.1, -0.05) is 12.1 Å². The first-order chi connectivity index (χ1) is 15.2. The van der Waals surface area contributed by atoms with Crippen molar-refractivity contribution in [1.82, 2.24) is 4.90 Å². The molecule has 2 atom stereocenters. The number of alkyl halides is 1. The summed E-state index contributed by atoms with van der Waals surface area (Å²) in [5, 5.41) is -2.73. The van der Waals surface area contributed by atoms with Crippen molar-refractivity contribution < 1.29 is 41.8 Å². The zero-order chi connectivity index (χ0) is 24.7. The number of fused-ring (bicyclic) bond motifs is 1. The maximum Gasteiger partial charge on any atom is 0.355 e. The predicted molar refractivity (Wildman–Crippen MR) is 115 cm³/mol. The molecule has 0 aliphatic carbocycles. The predicted octanol–water partition coefficient (Wildman–Crippen LogP) is 1.57. The second kappa shape index (κ2) is 8.79. The topological polar surface area (TPSA) is 133 Å². The van der Waals surface area contributed by atoms with Crippen LogP contribution in [0.5, 0.6) is 5.75 Å². The standard InChI is InChI=1S/C21H22ClNO9S/c1-11(24)31-14-8-6-5-7-13(14)19(26)30-9-12-10-33(28,29)18-15(22)17(25)23(18)16(12)20(27)32-21(2,3)4/h5-8,15,18H,9-10H2,1-4H3/t15-,18+/m0/s1. The minimum atomic E-state index is -3.95. The van der Waals surface area contributed by atoms with Gasteiger partial charge in [-0.3, -0.25) is 14.5 Å². The Labute approximate surface area is 195 Å². The smallest absolute Gasteiger partial charge is 0.355 e. The summed E-state index contributed by atoms with van der Waals surface area (Å²) >= 11 is 5.90. The van der Waals surface area contributed by atoms with Crippen LogP contribution < -0.4 is 4.74 Å². The number of halogens is 1. The summed E-state index contributed by atoms with van der Waals surface area (Å²) in [5.41, 5.74) is -1.46.